The zero-order valence-corrected chi connectivity index (χ0v) is 13.6. The van der Waals surface area contributed by atoms with Crippen molar-refractivity contribution in [2.75, 3.05) is 6.61 Å². The maximum atomic E-state index is 11.5. The van der Waals surface area contributed by atoms with Gasteiger partial charge in [-0.2, -0.15) is 0 Å². The summed E-state index contributed by atoms with van der Waals surface area (Å²) in [6.45, 7) is 6.26. The van der Waals surface area contributed by atoms with Crippen molar-refractivity contribution in [1.82, 2.24) is 20.3 Å². The smallest absolute Gasteiger partial charge is 0.307 e. The number of nitrogens with zero attached hydrogens (tertiary/aromatic N) is 3. The van der Waals surface area contributed by atoms with E-state index in [1.807, 2.05) is 13.8 Å². The molecule has 1 amide bonds. The molecule has 0 aromatic carbocycles. The number of rotatable bonds is 9. The molecule has 128 valence electrons. The quantitative estimate of drug-likeness (QED) is 0.534. The van der Waals surface area contributed by atoms with E-state index < -0.39 is 0 Å². The summed E-state index contributed by atoms with van der Waals surface area (Å²) in [6, 6.07) is 0. The molecule has 8 nitrogen and oxygen atoms in total. The number of esters is 1. The zero-order chi connectivity index (χ0) is 17.2. The Morgan fingerprint density at radius 1 is 1.39 bits per heavy atom. The molecule has 1 aromatic rings. The first-order valence-corrected chi connectivity index (χ1v) is 7.38. The van der Waals surface area contributed by atoms with Gasteiger partial charge >= 0.3 is 5.97 Å². The largest absolute Gasteiger partial charge is 0.465 e. The van der Waals surface area contributed by atoms with E-state index in [0.29, 0.717) is 24.8 Å². The van der Waals surface area contributed by atoms with Gasteiger partial charge in [-0.05, 0) is 18.9 Å². The second-order valence-corrected chi connectivity index (χ2v) is 5.46. The molecule has 0 aliphatic carbocycles. The summed E-state index contributed by atoms with van der Waals surface area (Å²) in [4.78, 5) is 33.6. The predicted molar refractivity (Wildman–Crippen MR) is 84.2 cm³/mol. The number of carbonyl (C=O) groups excluding carboxylic acids is 3. The maximum Gasteiger partial charge on any atom is 0.307 e. The highest BCUT2D eigenvalue weighted by Gasteiger charge is 2.07. The number of ether oxygens (including phenoxy) is 1. The Balaban J connectivity index is 0.00000529. The van der Waals surface area contributed by atoms with Gasteiger partial charge in [-0.25, -0.2) is 0 Å². The van der Waals surface area contributed by atoms with Crippen LogP contribution in [0.2, 0.25) is 0 Å². The number of aryl methyl sites for hydroxylation is 1. The lowest BCUT2D eigenvalue weighted by Crippen LogP contribution is -2.20. The third-order valence-corrected chi connectivity index (χ3v) is 2.62. The van der Waals surface area contributed by atoms with E-state index in [2.05, 4.69) is 15.6 Å². The Labute approximate surface area is 136 Å². The van der Waals surface area contributed by atoms with E-state index >= 15 is 0 Å². The van der Waals surface area contributed by atoms with Crippen LogP contribution in [0.3, 0.4) is 0 Å². The first-order valence-electron chi connectivity index (χ1n) is 7.38. The fourth-order valence-electron chi connectivity index (χ4n) is 1.50. The van der Waals surface area contributed by atoms with Crippen LogP contribution in [-0.2, 0) is 32.2 Å². The summed E-state index contributed by atoms with van der Waals surface area (Å²) in [5.41, 5.74) is 0.560. The SMILES string of the molecule is CC(=O)/C=C\C(=O)NCc1cn(CCC(=O)OCC(C)C)nn1.[HH]. The van der Waals surface area contributed by atoms with Crippen LogP contribution in [-0.4, -0.2) is 39.3 Å². The molecular formula is C15H24N4O4. The van der Waals surface area contributed by atoms with Crippen molar-refractivity contribution in [3.05, 3.63) is 24.0 Å². The van der Waals surface area contributed by atoms with E-state index in [0.717, 1.165) is 6.08 Å². The molecule has 1 N–H and O–H groups in total. The number of allylic oxidation sites excluding steroid dienone is 1. The van der Waals surface area contributed by atoms with Gasteiger partial charge in [-0.3, -0.25) is 19.1 Å². The fourth-order valence-corrected chi connectivity index (χ4v) is 1.50. The van der Waals surface area contributed by atoms with Crippen molar-refractivity contribution in [3.8, 4) is 0 Å². The predicted octanol–water partition coefficient (Wildman–Crippen LogP) is 0.875. The lowest BCUT2D eigenvalue weighted by atomic mass is 10.2. The van der Waals surface area contributed by atoms with Crippen molar-refractivity contribution < 1.29 is 20.5 Å². The second kappa shape index (κ2) is 9.50. The summed E-state index contributed by atoms with van der Waals surface area (Å²) in [5, 5.41) is 10.3. The first kappa shape index (κ1) is 18.5. The van der Waals surface area contributed by atoms with E-state index in [9.17, 15) is 14.4 Å². The molecule has 0 aliphatic heterocycles. The van der Waals surface area contributed by atoms with Crippen molar-refractivity contribution in [2.24, 2.45) is 5.92 Å². The molecule has 1 heterocycles. The minimum Gasteiger partial charge on any atom is -0.465 e. The molecule has 23 heavy (non-hydrogen) atoms. The van der Waals surface area contributed by atoms with E-state index in [1.54, 1.807) is 6.20 Å². The van der Waals surface area contributed by atoms with Crippen LogP contribution >= 0.6 is 0 Å². The molecule has 0 atom stereocenters. The molecule has 0 bridgehead atoms. The van der Waals surface area contributed by atoms with E-state index in [1.165, 1.54) is 17.7 Å². The highest BCUT2D eigenvalue weighted by molar-refractivity contribution is 5.96. The van der Waals surface area contributed by atoms with E-state index in [-0.39, 0.29) is 32.1 Å². The van der Waals surface area contributed by atoms with Crippen LogP contribution in [0.1, 0.15) is 34.3 Å². The highest BCUT2D eigenvalue weighted by atomic mass is 16.5. The number of hydrogen-bond acceptors (Lipinski definition) is 6. The molecule has 0 fully saturated rings. The summed E-state index contributed by atoms with van der Waals surface area (Å²) in [7, 11) is 0. The van der Waals surface area contributed by atoms with Crippen molar-refractivity contribution in [3.63, 3.8) is 0 Å². The lowest BCUT2D eigenvalue weighted by molar-refractivity contribution is -0.145. The van der Waals surface area contributed by atoms with Gasteiger partial charge in [0.15, 0.2) is 5.78 Å². The van der Waals surface area contributed by atoms with Crippen LogP contribution in [0.4, 0.5) is 0 Å². The minimum absolute atomic E-state index is 0. The van der Waals surface area contributed by atoms with Gasteiger partial charge in [-0.1, -0.05) is 19.1 Å². The van der Waals surface area contributed by atoms with Crippen LogP contribution < -0.4 is 5.32 Å². The number of amides is 1. The molecule has 0 radical (unpaired) electrons. The van der Waals surface area contributed by atoms with Crippen LogP contribution in [0.15, 0.2) is 18.3 Å². The van der Waals surface area contributed by atoms with Crippen LogP contribution in [0, 0.1) is 5.92 Å². The molecular weight excluding hydrogens is 300 g/mol. The second-order valence-electron chi connectivity index (χ2n) is 5.46. The molecule has 0 unspecified atom stereocenters. The monoisotopic (exact) mass is 324 g/mol. The average molecular weight is 324 g/mol. The Morgan fingerprint density at radius 3 is 2.78 bits per heavy atom. The molecule has 0 saturated carbocycles. The Hall–Kier alpha value is -2.51. The van der Waals surface area contributed by atoms with Gasteiger partial charge in [0, 0.05) is 7.50 Å². The summed E-state index contributed by atoms with van der Waals surface area (Å²) in [6.07, 6.45) is 4.21. The topological polar surface area (TPSA) is 103 Å². The molecule has 8 heteroatoms. The van der Waals surface area contributed by atoms with Gasteiger partial charge in [0.05, 0.1) is 32.3 Å². The molecule has 1 aromatic heterocycles. The van der Waals surface area contributed by atoms with Gasteiger partial charge in [0.2, 0.25) is 5.91 Å². The molecule has 1 rings (SSSR count). The van der Waals surface area contributed by atoms with Crippen molar-refractivity contribution >= 4 is 17.7 Å². The normalized spacial score (nSPS) is 11.0. The third-order valence-electron chi connectivity index (χ3n) is 2.62. The lowest BCUT2D eigenvalue weighted by Gasteiger charge is -2.06. The number of hydrogen-bond donors (Lipinski definition) is 1. The minimum atomic E-state index is -0.382. The first-order chi connectivity index (χ1) is 10.9. The maximum absolute atomic E-state index is 11.5. The molecule has 0 spiro atoms. The third kappa shape index (κ3) is 8.50. The summed E-state index contributed by atoms with van der Waals surface area (Å²) in [5.74, 6) is -0.557. The average Bonchev–Trinajstić information content (AvgIpc) is 2.94. The van der Waals surface area contributed by atoms with Gasteiger partial charge in [0.25, 0.3) is 0 Å². The zero-order valence-electron chi connectivity index (χ0n) is 13.6. The summed E-state index contributed by atoms with van der Waals surface area (Å²) >= 11 is 0. The van der Waals surface area contributed by atoms with Crippen molar-refractivity contribution in [1.29, 1.82) is 0 Å². The Kier molecular flexibility index (Phi) is 7.65. The fraction of sp³-hybridized carbons (Fsp3) is 0.533. The number of nitrogens with one attached hydrogen (secondary N) is 1. The number of ketones is 1. The van der Waals surface area contributed by atoms with Crippen LogP contribution in [0.25, 0.3) is 0 Å². The molecule has 0 saturated heterocycles. The number of aromatic nitrogens is 3. The Morgan fingerprint density at radius 2 is 2.13 bits per heavy atom. The van der Waals surface area contributed by atoms with Gasteiger partial charge in [-0.15, -0.1) is 5.10 Å². The van der Waals surface area contributed by atoms with Crippen molar-refractivity contribution in [2.45, 2.75) is 40.3 Å². The van der Waals surface area contributed by atoms with Crippen LogP contribution in [0.5, 0.6) is 0 Å². The van der Waals surface area contributed by atoms with E-state index in [4.69, 9.17) is 4.74 Å². The summed E-state index contributed by atoms with van der Waals surface area (Å²) < 4.78 is 6.58. The highest BCUT2D eigenvalue weighted by Crippen LogP contribution is 1.98. The Bertz CT molecular complexity index is 584. The van der Waals surface area contributed by atoms with Gasteiger partial charge < -0.3 is 10.1 Å². The number of carbonyl (C=O) groups is 3. The standard InChI is InChI=1S/C15H22N4O4.H2/c1-11(2)10-23-15(22)6-7-19-9-13(17-18-19)8-16-14(21)5-4-12(3)20;/h4-5,9,11H,6-8,10H2,1-3H3,(H,16,21);1H/b5-4-;. The molecule has 0 aliphatic rings. The van der Waals surface area contributed by atoms with Gasteiger partial charge in [0.1, 0.15) is 5.69 Å².